The number of nitrogens with zero attached hydrogens (tertiary/aromatic N) is 1. The maximum Gasteiger partial charge on any atom is 0.101 e. The zero-order valence-corrected chi connectivity index (χ0v) is 10.3. The number of nitrogens with one attached hydrogen (secondary N) is 3. The van der Waals surface area contributed by atoms with E-state index in [0.29, 0.717) is 16.4 Å². The van der Waals surface area contributed by atoms with Gasteiger partial charge in [0, 0.05) is 19.8 Å². The summed E-state index contributed by atoms with van der Waals surface area (Å²) in [7, 11) is 3.60. The van der Waals surface area contributed by atoms with Crippen LogP contribution in [0.25, 0.3) is 0 Å². The molecule has 0 aromatic rings. The third kappa shape index (κ3) is 5.85. The predicted octanol–water partition coefficient (Wildman–Crippen LogP) is 0.725. The molecule has 0 aromatic heterocycles. The van der Waals surface area contributed by atoms with Crippen LogP contribution in [0.5, 0.6) is 0 Å². The first-order valence-electron chi connectivity index (χ1n) is 4.11. The fraction of sp³-hybridized carbons (Fsp3) is 0.500. The van der Waals surface area contributed by atoms with Crippen LogP contribution < -0.4 is 16.3 Å². The van der Waals surface area contributed by atoms with Gasteiger partial charge in [-0.05, 0) is 6.92 Å². The van der Waals surface area contributed by atoms with Gasteiger partial charge >= 0.3 is 0 Å². The van der Waals surface area contributed by atoms with Gasteiger partial charge in [0.2, 0.25) is 0 Å². The molecule has 0 saturated heterocycles. The molecule has 6 heteroatoms. The summed E-state index contributed by atoms with van der Waals surface area (Å²) in [5.74, 6) is 0. The summed E-state index contributed by atoms with van der Waals surface area (Å²) in [4.78, 5) is 1.31. The van der Waals surface area contributed by atoms with E-state index in [2.05, 4.69) is 22.9 Å². The molecule has 0 heterocycles. The van der Waals surface area contributed by atoms with E-state index in [-0.39, 0.29) is 0 Å². The third-order valence-corrected chi connectivity index (χ3v) is 1.93. The average Bonchev–Trinajstić information content (AvgIpc) is 2.03. The van der Waals surface area contributed by atoms with Crippen LogP contribution in [0.4, 0.5) is 0 Å². The van der Waals surface area contributed by atoms with E-state index < -0.39 is 0 Å². The first-order chi connectivity index (χ1) is 6.47. The van der Waals surface area contributed by atoms with Crippen molar-refractivity contribution in [3.05, 3.63) is 12.3 Å². The predicted molar refractivity (Wildman–Crippen MR) is 67.7 cm³/mol. The van der Waals surface area contributed by atoms with Crippen LogP contribution in [0.2, 0.25) is 0 Å². The van der Waals surface area contributed by atoms with Gasteiger partial charge in [0.1, 0.15) is 4.99 Å². The van der Waals surface area contributed by atoms with Crippen molar-refractivity contribution in [1.82, 2.24) is 21.3 Å². The second-order valence-electron chi connectivity index (χ2n) is 2.80. The van der Waals surface area contributed by atoms with E-state index in [0.717, 1.165) is 5.70 Å². The van der Waals surface area contributed by atoms with Crippen molar-refractivity contribution in [2.45, 2.75) is 13.3 Å². The average molecular weight is 232 g/mol. The number of rotatable bonds is 5. The summed E-state index contributed by atoms with van der Waals surface area (Å²) in [6.07, 6.45) is 0.517. The first kappa shape index (κ1) is 13.3. The molecule has 0 radical (unpaired) electrons. The smallest absolute Gasteiger partial charge is 0.101 e. The Bertz CT molecular complexity index is 239. The molecule has 0 amide bonds. The minimum absolute atomic E-state index is 0.517. The van der Waals surface area contributed by atoms with Crippen molar-refractivity contribution in [2.75, 3.05) is 14.1 Å². The zero-order chi connectivity index (χ0) is 11.1. The molecule has 0 saturated carbocycles. The van der Waals surface area contributed by atoms with Crippen LogP contribution in [0, 0.1) is 0 Å². The monoisotopic (exact) mass is 232 g/mol. The van der Waals surface area contributed by atoms with Crippen LogP contribution in [-0.4, -0.2) is 29.1 Å². The highest BCUT2D eigenvalue weighted by molar-refractivity contribution is 7.82. The van der Waals surface area contributed by atoms with Crippen molar-refractivity contribution in [1.29, 1.82) is 0 Å². The van der Waals surface area contributed by atoms with Crippen molar-refractivity contribution in [2.24, 2.45) is 0 Å². The maximum atomic E-state index is 5.09. The standard InChI is InChI=1S/C8H16N4S2/c1-6(2)12(4)11-8(14)5-7(13)10-9-3/h9H,1,5H2,2-4H3,(H,10,13)(H,11,14). The number of thiocarbonyl (C=S) groups is 2. The fourth-order valence-electron chi connectivity index (χ4n) is 0.651. The Morgan fingerprint density at radius 1 is 1.36 bits per heavy atom. The van der Waals surface area contributed by atoms with Gasteiger partial charge in [-0.15, -0.1) is 0 Å². The molecule has 14 heavy (non-hydrogen) atoms. The molecule has 0 aromatic carbocycles. The molecule has 0 spiro atoms. The zero-order valence-electron chi connectivity index (χ0n) is 8.68. The summed E-state index contributed by atoms with van der Waals surface area (Å²) < 4.78 is 0. The topological polar surface area (TPSA) is 39.3 Å². The summed E-state index contributed by atoms with van der Waals surface area (Å²) in [6, 6.07) is 0. The van der Waals surface area contributed by atoms with Gasteiger partial charge in [0.05, 0.1) is 11.4 Å². The Balaban J connectivity index is 3.86. The summed E-state index contributed by atoms with van der Waals surface area (Å²) in [6.45, 7) is 5.66. The molecular weight excluding hydrogens is 216 g/mol. The van der Waals surface area contributed by atoms with Gasteiger partial charge in [0.25, 0.3) is 0 Å². The van der Waals surface area contributed by atoms with Gasteiger partial charge in [-0.3, -0.25) is 10.4 Å². The largest absolute Gasteiger partial charge is 0.315 e. The van der Waals surface area contributed by atoms with E-state index in [1.807, 2.05) is 14.0 Å². The summed E-state index contributed by atoms with van der Waals surface area (Å²) >= 11 is 10.1. The van der Waals surface area contributed by atoms with Gasteiger partial charge < -0.3 is 5.43 Å². The molecular formula is C8H16N4S2. The Morgan fingerprint density at radius 2 is 1.93 bits per heavy atom. The van der Waals surface area contributed by atoms with E-state index in [1.54, 1.807) is 12.1 Å². The lowest BCUT2D eigenvalue weighted by atomic mass is 10.4. The van der Waals surface area contributed by atoms with E-state index in [4.69, 9.17) is 24.4 Å². The Kier molecular flexibility index (Phi) is 6.35. The Morgan fingerprint density at radius 3 is 2.36 bits per heavy atom. The lowest BCUT2D eigenvalue weighted by molar-refractivity contribution is 0.376. The molecule has 0 unspecified atom stereocenters. The van der Waals surface area contributed by atoms with Gasteiger partial charge in [-0.1, -0.05) is 31.0 Å². The first-order valence-corrected chi connectivity index (χ1v) is 4.93. The van der Waals surface area contributed by atoms with E-state index in [9.17, 15) is 0 Å². The van der Waals surface area contributed by atoms with Crippen molar-refractivity contribution >= 4 is 34.4 Å². The molecule has 0 bridgehead atoms. The van der Waals surface area contributed by atoms with Crippen LogP contribution in [0.1, 0.15) is 13.3 Å². The molecule has 0 aliphatic rings. The maximum absolute atomic E-state index is 5.09. The number of hydrazine groups is 2. The molecule has 0 fully saturated rings. The lowest BCUT2D eigenvalue weighted by Crippen LogP contribution is -2.41. The number of hydrogen-bond donors (Lipinski definition) is 3. The van der Waals surface area contributed by atoms with Gasteiger partial charge in [-0.2, -0.15) is 0 Å². The van der Waals surface area contributed by atoms with Crippen LogP contribution >= 0.6 is 24.4 Å². The molecule has 0 aliphatic carbocycles. The quantitative estimate of drug-likeness (QED) is 0.479. The minimum atomic E-state index is 0.517. The highest BCUT2D eigenvalue weighted by atomic mass is 32.1. The highest BCUT2D eigenvalue weighted by Crippen LogP contribution is 1.93. The highest BCUT2D eigenvalue weighted by Gasteiger charge is 2.03. The summed E-state index contributed by atoms with van der Waals surface area (Å²) in [5, 5.41) is 1.75. The third-order valence-electron chi connectivity index (χ3n) is 1.45. The van der Waals surface area contributed by atoms with Gasteiger partial charge in [-0.25, -0.2) is 5.43 Å². The molecule has 0 rings (SSSR count). The van der Waals surface area contributed by atoms with Crippen LogP contribution in [0.3, 0.4) is 0 Å². The van der Waals surface area contributed by atoms with Crippen LogP contribution in [0.15, 0.2) is 12.3 Å². The second kappa shape index (κ2) is 6.69. The molecule has 3 N–H and O–H groups in total. The fourth-order valence-corrected chi connectivity index (χ4v) is 1.27. The van der Waals surface area contributed by atoms with Crippen LogP contribution in [-0.2, 0) is 0 Å². The normalized spacial score (nSPS) is 9.07. The number of allylic oxidation sites excluding steroid dienone is 1. The molecule has 80 valence electrons. The van der Waals surface area contributed by atoms with Crippen molar-refractivity contribution in [3.8, 4) is 0 Å². The Hall–Kier alpha value is -0.720. The van der Waals surface area contributed by atoms with E-state index >= 15 is 0 Å². The SMILES string of the molecule is C=C(C)N(C)NC(=S)CC(=S)NNC. The van der Waals surface area contributed by atoms with Crippen molar-refractivity contribution in [3.63, 3.8) is 0 Å². The second-order valence-corrected chi connectivity index (χ2v) is 3.79. The summed E-state index contributed by atoms with van der Waals surface area (Å²) in [5.41, 5.74) is 9.40. The lowest BCUT2D eigenvalue weighted by Gasteiger charge is -2.21. The minimum Gasteiger partial charge on any atom is -0.315 e. The molecule has 0 aliphatic heterocycles. The van der Waals surface area contributed by atoms with Crippen molar-refractivity contribution < 1.29 is 0 Å². The number of hydrogen-bond acceptors (Lipinski definition) is 4. The molecule has 0 atom stereocenters. The van der Waals surface area contributed by atoms with Gasteiger partial charge in [0.15, 0.2) is 0 Å². The Labute approximate surface area is 95.7 Å². The van der Waals surface area contributed by atoms with E-state index in [1.165, 1.54) is 0 Å². The molecule has 4 nitrogen and oxygen atoms in total.